The smallest absolute Gasteiger partial charge is 0.462 e. The number of phosphoric acid groups is 2. The molecule has 0 amide bonds. The van der Waals surface area contributed by atoms with E-state index in [1.807, 2.05) is 0 Å². The van der Waals surface area contributed by atoms with E-state index in [1.54, 1.807) is 0 Å². The zero-order valence-electron chi connectivity index (χ0n) is 62.1. The topological polar surface area (TPSA) is 237 Å². The summed E-state index contributed by atoms with van der Waals surface area (Å²) < 4.78 is 68.6. The first-order valence-corrected chi connectivity index (χ1v) is 42.9. The van der Waals surface area contributed by atoms with Crippen LogP contribution in [0.25, 0.3) is 0 Å². The van der Waals surface area contributed by atoms with Gasteiger partial charge in [0.05, 0.1) is 26.4 Å². The predicted molar refractivity (Wildman–Crippen MR) is 391 cm³/mol. The SMILES string of the molecule is CCCCCC/C=C\CCCCCCCC(=O)OC[C@H](COP(=O)(O)OC[C@@H](O)COP(=O)(O)OC[C@@H](COC(=O)CCCCCCCCCCCCCCC)OC(=O)CCCCCCCCCCCCCCCCC)OC(=O)CCCCCCCCCCCCCCCCC. The standard InChI is InChI=1S/C77H148O17P2/c1-5-9-13-17-21-25-29-33-35-39-43-47-51-55-59-63-76(81)93-72(67-87-74(79)61-57-53-49-45-41-37-31-27-23-19-15-11-7-3)69-91-95(83,84)89-65-71(78)66-90-96(85,86)92-70-73(68-88-75(80)62-58-54-50-46-42-38-32-28-24-20-16-12-8-4)94-77(82)64-60-56-52-48-44-40-36-34-30-26-22-18-14-10-6-2/h27,31,71-73,78H,5-26,28-30,32-70H2,1-4H3,(H,83,84)(H,85,86)/b31-27-/t71-,72-,73-/m1/s1. The molecule has 0 aliphatic rings. The van der Waals surface area contributed by atoms with E-state index in [-0.39, 0.29) is 25.7 Å². The molecule has 568 valence electrons. The van der Waals surface area contributed by atoms with Crippen molar-refractivity contribution in [2.75, 3.05) is 39.6 Å². The fraction of sp³-hybridized carbons (Fsp3) is 0.922. The highest BCUT2D eigenvalue weighted by Crippen LogP contribution is 2.45. The molecule has 2 unspecified atom stereocenters. The third-order valence-electron chi connectivity index (χ3n) is 17.8. The lowest BCUT2D eigenvalue weighted by Gasteiger charge is -2.21. The van der Waals surface area contributed by atoms with E-state index >= 15 is 0 Å². The predicted octanol–water partition coefficient (Wildman–Crippen LogP) is 22.8. The van der Waals surface area contributed by atoms with E-state index in [2.05, 4.69) is 39.8 Å². The molecule has 0 fully saturated rings. The number of carbonyl (C=O) groups excluding carboxylic acids is 4. The van der Waals surface area contributed by atoms with Crippen LogP contribution in [0.3, 0.4) is 0 Å². The molecule has 0 aliphatic carbocycles. The Morgan fingerprint density at radius 1 is 0.281 bits per heavy atom. The van der Waals surface area contributed by atoms with Gasteiger partial charge in [-0.3, -0.25) is 37.3 Å². The maximum atomic E-state index is 13.1. The Bertz CT molecular complexity index is 1870. The van der Waals surface area contributed by atoms with Crippen LogP contribution in [-0.2, 0) is 65.4 Å². The van der Waals surface area contributed by atoms with Crippen molar-refractivity contribution in [3.05, 3.63) is 12.2 Å². The first kappa shape index (κ1) is 93.8. The number of hydrogen-bond donors (Lipinski definition) is 3. The molecule has 0 aromatic heterocycles. The highest BCUT2D eigenvalue weighted by molar-refractivity contribution is 7.47. The molecule has 0 bridgehead atoms. The molecule has 5 atom stereocenters. The van der Waals surface area contributed by atoms with Gasteiger partial charge in [0.2, 0.25) is 0 Å². The number of esters is 4. The summed E-state index contributed by atoms with van der Waals surface area (Å²) in [7, 11) is -9.92. The van der Waals surface area contributed by atoms with Gasteiger partial charge in [0, 0.05) is 25.7 Å². The van der Waals surface area contributed by atoms with Gasteiger partial charge >= 0.3 is 39.5 Å². The van der Waals surface area contributed by atoms with Gasteiger partial charge in [-0.2, -0.15) is 0 Å². The molecule has 0 heterocycles. The summed E-state index contributed by atoms with van der Waals surface area (Å²) in [6.45, 7) is 4.97. The summed E-state index contributed by atoms with van der Waals surface area (Å²) in [6, 6.07) is 0. The number of hydrogen-bond acceptors (Lipinski definition) is 15. The van der Waals surface area contributed by atoms with Gasteiger partial charge in [-0.05, 0) is 51.4 Å². The average molecular weight is 1410 g/mol. The first-order valence-electron chi connectivity index (χ1n) is 39.9. The molecule has 0 aromatic carbocycles. The van der Waals surface area contributed by atoms with Crippen LogP contribution in [0.2, 0.25) is 0 Å². The Morgan fingerprint density at radius 3 is 0.729 bits per heavy atom. The summed E-state index contributed by atoms with van der Waals surface area (Å²) in [5.41, 5.74) is 0. The number of allylic oxidation sites excluding steroid dienone is 2. The lowest BCUT2D eigenvalue weighted by molar-refractivity contribution is -0.161. The van der Waals surface area contributed by atoms with Crippen molar-refractivity contribution < 1.29 is 80.2 Å². The van der Waals surface area contributed by atoms with Crippen molar-refractivity contribution in [3.63, 3.8) is 0 Å². The molecular formula is C77H148O17P2. The molecule has 3 N–H and O–H groups in total. The van der Waals surface area contributed by atoms with Crippen molar-refractivity contribution >= 4 is 39.5 Å². The van der Waals surface area contributed by atoms with E-state index in [0.29, 0.717) is 25.7 Å². The van der Waals surface area contributed by atoms with Crippen LogP contribution in [-0.4, -0.2) is 96.7 Å². The third kappa shape index (κ3) is 70.2. The molecule has 17 nitrogen and oxygen atoms in total. The van der Waals surface area contributed by atoms with Crippen LogP contribution in [0.15, 0.2) is 12.2 Å². The molecule has 96 heavy (non-hydrogen) atoms. The molecule has 0 rings (SSSR count). The highest BCUT2D eigenvalue weighted by atomic mass is 31.2. The second-order valence-corrected chi connectivity index (χ2v) is 30.3. The average Bonchev–Trinajstić information content (AvgIpc) is 1.18. The number of aliphatic hydroxyl groups excluding tert-OH is 1. The van der Waals surface area contributed by atoms with Gasteiger partial charge in [-0.25, -0.2) is 9.13 Å². The second kappa shape index (κ2) is 71.2. The molecule has 0 saturated carbocycles. The van der Waals surface area contributed by atoms with E-state index in [9.17, 15) is 43.2 Å². The Kier molecular flexibility index (Phi) is 69.6. The summed E-state index contributed by atoms with van der Waals surface area (Å²) in [4.78, 5) is 72.9. The minimum Gasteiger partial charge on any atom is -0.462 e. The first-order chi connectivity index (χ1) is 46.7. The maximum Gasteiger partial charge on any atom is 0.472 e. The number of phosphoric ester groups is 2. The van der Waals surface area contributed by atoms with E-state index < -0.39 is 97.5 Å². The summed E-state index contributed by atoms with van der Waals surface area (Å²) >= 11 is 0. The lowest BCUT2D eigenvalue weighted by Crippen LogP contribution is -2.30. The number of aliphatic hydroxyl groups is 1. The van der Waals surface area contributed by atoms with Crippen molar-refractivity contribution in [1.29, 1.82) is 0 Å². The fourth-order valence-electron chi connectivity index (χ4n) is 11.6. The van der Waals surface area contributed by atoms with Gasteiger partial charge in [0.15, 0.2) is 12.2 Å². The summed E-state index contributed by atoms with van der Waals surface area (Å²) in [5.74, 6) is -2.12. The van der Waals surface area contributed by atoms with Gasteiger partial charge in [-0.15, -0.1) is 0 Å². The van der Waals surface area contributed by atoms with E-state index in [4.69, 9.17) is 37.0 Å². The molecule has 0 aromatic rings. The Balaban J connectivity index is 5.28. The minimum absolute atomic E-state index is 0.105. The molecule has 0 radical (unpaired) electrons. The number of unbranched alkanes of at least 4 members (excludes halogenated alkanes) is 49. The molecule has 0 spiro atoms. The monoisotopic (exact) mass is 1410 g/mol. The van der Waals surface area contributed by atoms with Gasteiger partial charge < -0.3 is 33.8 Å². The molecule has 19 heteroatoms. The largest absolute Gasteiger partial charge is 0.472 e. The van der Waals surface area contributed by atoms with Gasteiger partial charge in [0.1, 0.15) is 19.3 Å². The Hall–Kier alpha value is -2.20. The van der Waals surface area contributed by atoms with Crippen LogP contribution in [0, 0.1) is 0 Å². The normalized spacial score (nSPS) is 13.9. The molecule has 0 aliphatic heterocycles. The Labute approximate surface area is 587 Å². The van der Waals surface area contributed by atoms with Crippen LogP contribution in [0.5, 0.6) is 0 Å². The van der Waals surface area contributed by atoms with Crippen molar-refractivity contribution in [2.45, 2.75) is 418 Å². The van der Waals surface area contributed by atoms with Crippen LogP contribution >= 0.6 is 15.6 Å². The summed E-state index contributed by atoms with van der Waals surface area (Å²) in [6.07, 6.45) is 63.3. The molecular weight excluding hydrogens is 1260 g/mol. The van der Waals surface area contributed by atoms with Crippen molar-refractivity contribution in [3.8, 4) is 0 Å². The summed E-state index contributed by atoms with van der Waals surface area (Å²) in [5, 5.41) is 10.6. The van der Waals surface area contributed by atoms with Crippen LogP contribution in [0.1, 0.15) is 400 Å². The van der Waals surface area contributed by atoms with Crippen LogP contribution in [0.4, 0.5) is 0 Å². The van der Waals surface area contributed by atoms with Gasteiger partial charge in [-0.1, -0.05) is 335 Å². The zero-order valence-corrected chi connectivity index (χ0v) is 63.9. The van der Waals surface area contributed by atoms with Gasteiger partial charge in [0.25, 0.3) is 0 Å². The molecule has 0 saturated heterocycles. The highest BCUT2D eigenvalue weighted by Gasteiger charge is 2.30. The second-order valence-electron chi connectivity index (χ2n) is 27.4. The van der Waals surface area contributed by atoms with Crippen molar-refractivity contribution in [2.24, 2.45) is 0 Å². The maximum absolute atomic E-state index is 13.1. The Morgan fingerprint density at radius 2 is 0.479 bits per heavy atom. The third-order valence-corrected chi connectivity index (χ3v) is 19.7. The van der Waals surface area contributed by atoms with Crippen LogP contribution < -0.4 is 0 Å². The lowest BCUT2D eigenvalue weighted by atomic mass is 10.0. The number of rotatable bonds is 77. The minimum atomic E-state index is -4.96. The number of ether oxygens (including phenoxy) is 4. The zero-order chi connectivity index (χ0) is 70.4. The van der Waals surface area contributed by atoms with Crippen molar-refractivity contribution in [1.82, 2.24) is 0 Å². The van der Waals surface area contributed by atoms with E-state index in [0.717, 1.165) is 109 Å². The fourth-order valence-corrected chi connectivity index (χ4v) is 13.2. The number of carbonyl (C=O) groups is 4. The van der Waals surface area contributed by atoms with E-state index in [1.165, 1.54) is 212 Å². The quantitative estimate of drug-likeness (QED) is 0.0169.